The topological polar surface area (TPSA) is 157 Å². The van der Waals surface area contributed by atoms with Crippen molar-refractivity contribution < 1.29 is 37.4 Å². The molecule has 180 valence electrons. The number of β-lactam (4-membered cyclic amide) rings is 1. The minimum absolute atomic E-state index is 0.0512. The highest BCUT2D eigenvalue weighted by atomic mass is 32.2. The van der Waals surface area contributed by atoms with Crippen LogP contribution in [0.25, 0.3) is 0 Å². The molecule has 3 aliphatic rings. The molecule has 4 atom stereocenters. The van der Waals surface area contributed by atoms with Crippen LogP contribution in [-0.2, 0) is 34.1 Å². The van der Waals surface area contributed by atoms with E-state index in [1.54, 1.807) is 20.8 Å². The molecule has 3 rings (SSSR count). The van der Waals surface area contributed by atoms with Crippen LogP contribution in [0.4, 0.5) is 0 Å². The molecule has 0 radical (unpaired) electrons. The fourth-order valence-electron chi connectivity index (χ4n) is 3.95. The number of hydrogen-bond acceptors (Lipinski definition) is 9. The molecule has 0 aromatic heterocycles. The number of ether oxygens (including phenoxy) is 2. The van der Waals surface area contributed by atoms with E-state index in [-0.39, 0.29) is 35.9 Å². The van der Waals surface area contributed by atoms with Crippen molar-refractivity contribution in [2.24, 2.45) is 22.4 Å². The number of thioether (sulfide) groups is 1. The molecule has 0 aromatic rings. The molecule has 3 heterocycles. The van der Waals surface area contributed by atoms with Gasteiger partial charge in [0.1, 0.15) is 5.70 Å². The predicted octanol–water partition coefficient (Wildman–Crippen LogP) is -0.234. The standard InChI is InChI=1S/C19H29N3O8S2/c1-9-13-12(10(2)23)16(24)22(13)14(17(25)29-8-30-18(26)19(3,4)5)15(9)31-11-6-21(7-11)32(20,27)28/h9-13,23H,6-8H2,1-5H3,(H2,20,27,28)/t9-,10-,12-,13-/m1/s1. The van der Waals surface area contributed by atoms with Gasteiger partial charge in [0.15, 0.2) is 0 Å². The fourth-order valence-corrected chi connectivity index (χ4v) is 6.43. The second kappa shape index (κ2) is 8.60. The van der Waals surface area contributed by atoms with Crippen LogP contribution in [0.3, 0.4) is 0 Å². The van der Waals surface area contributed by atoms with Crippen molar-refractivity contribution in [2.75, 3.05) is 19.9 Å². The van der Waals surface area contributed by atoms with Crippen LogP contribution >= 0.6 is 11.8 Å². The highest BCUT2D eigenvalue weighted by molar-refractivity contribution is 8.04. The number of fused-ring (bicyclic) bond motifs is 1. The molecule has 2 saturated heterocycles. The lowest BCUT2D eigenvalue weighted by molar-refractivity contribution is -0.175. The molecule has 32 heavy (non-hydrogen) atoms. The van der Waals surface area contributed by atoms with Gasteiger partial charge in [0.25, 0.3) is 10.2 Å². The highest BCUT2D eigenvalue weighted by Crippen LogP contribution is 2.52. The van der Waals surface area contributed by atoms with Crippen molar-refractivity contribution in [1.29, 1.82) is 0 Å². The van der Waals surface area contributed by atoms with Crippen LogP contribution in [0.1, 0.15) is 34.6 Å². The van der Waals surface area contributed by atoms with E-state index in [0.717, 1.165) is 4.31 Å². The fraction of sp³-hybridized carbons (Fsp3) is 0.737. The molecule has 0 aromatic carbocycles. The Morgan fingerprint density at radius 1 is 1.28 bits per heavy atom. The third-order valence-corrected chi connectivity index (χ3v) is 8.23. The molecule has 1 amide bonds. The molecule has 0 bridgehead atoms. The summed E-state index contributed by atoms with van der Waals surface area (Å²) in [7, 11) is -3.78. The lowest BCUT2D eigenvalue weighted by Crippen LogP contribution is -2.63. The zero-order chi connectivity index (χ0) is 24.2. The second-order valence-corrected chi connectivity index (χ2v) is 12.2. The molecule has 13 heteroatoms. The van der Waals surface area contributed by atoms with E-state index >= 15 is 0 Å². The first-order valence-corrected chi connectivity index (χ1v) is 12.6. The van der Waals surface area contributed by atoms with E-state index in [2.05, 4.69) is 0 Å². The molecule has 2 fully saturated rings. The van der Waals surface area contributed by atoms with Gasteiger partial charge in [-0.1, -0.05) is 6.92 Å². The van der Waals surface area contributed by atoms with Gasteiger partial charge in [-0.2, -0.15) is 12.7 Å². The van der Waals surface area contributed by atoms with Gasteiger partial charge in [-0.15, -0.1) is 11.8 Å². The quantitative estimate of drug-likeness (QED) is 0.279. The SMILES string of the molecule is C[C@@H](O)[C@H]1C(=O)N2C(C(=O)OCOC(=O)C(C)(C)C)=C(SC3CN(S(N)(=O)=O)C3)[C@H](C)[C@H]12. The van der Waals surface area contributed by atoms with E-state index < -0.39 is 52.4 Å². The normalized spacial score (nSPS) is 27.5. The van der Waals surface area contributed by atoms with Crippen molar-refractivity contribution in [2.45, 2.75) is 52.0 Å². The minimum atomic E-state index is -3.78. The number of nitrogens with two attached hydrogens (primary N) is 1. The van der Waals surface area contributed by atoms with Crippen molar-refractivity contribution in [3.63, 3.8) is 0 Å². The summed E-state index contributed by atoms with van der Waals surface area (Å²) in [6, 6.07) is -0.404. The maximum atomic E-state index is 12.9. The Morgan fingerprint density at radius 3 is 2.38 bits per heavy atom. The van der Waals surface area contributed by atoms with Gasteiger partial charge in [-0.05, 0) is 27.7 Å². The molecule has 0 saturated carbocycles. The summed E-state index contributed by atoms with van der Waals surface area (Å²) in [4.78, 5) is 39.4. The summed E-state index contributed by atoms with van der Waals surface area (Å²) in [5.74, 6) is -2.65. The summed E-state index contributed by atoms with van der Waals surface area (Å²) < 4.78 is 34.1. The Kier molecular flexibility index (Phi) is 6.71. The Balaban J connectivity index is 1.77. The lowest BCUT2D eigenvalue weighted by atomic mass is 9.79. The Morgan fingerprint density at radius 2 is 1.88 bits per heavy atom. The van der Waals surface area contributed by atoms with Crippen LogP contribution in [0.2, 0.25) is 0 Å². The van der Waals surface area contributed by atoms with Gasteiger partial charge in [-0.3, -0.25) is 9.59 Å². The smallest absolute Gasteiger partial charge is 0.358 e. The molecule has 3 N–H and O–H groups in total. The third kappa shape index (κ3) is 4.53. The maximum absolute atomic E-state index is 12.9. The molecular formula is C19H29N3O8S2. The van der Waals surface area contributed by atoms with E-state index in [9.17, 15) is 27.9 Å². The largest absolute Gasteiger partial charge is 0.427 e. The van der Waals surface area contributed by atoms with Crippen LogP contribution in [-0.4, -0.2) is 77.9 Å². The Labute approximate surface area is 191 Å². The van der Waals surface area contributed by atoms with Crippen molar-refractivity contribution in [1.82, 2.24) is 9.21 Å². The second-order valence-electron chi connectivity index (χ2n) is 9.30. The van der Waals surface area contributed by atoms with Crippen molar-refractivity contribution >= 4 is 39.8 Å². The Bertz CT molecular complexity index is 950. The molecule has 11 nitrogen and oxygen atoms in total. The van der Waals surface area contributed by atoms with E-state index in [1.807, 2.05) is 6.92 Å². The highest BCUT2D eigenvalue weighted by Gasteiger charge is 2.60. The van der Waals surface area contributed by atoms with Crippen LogP contribution < -0.4 is 5.14 Å². The summed E-state index contributed by atoms with van der Waals surface area (Å²) in [5.41, 5.74) is -0.716. The summed E-state index contributed by atoms with van der Waals surface area (Å²) >= 11 is 1.30. The number of hydrogen-bond donors (Lipinski definition) is 2. The van der Waals surface area contributed by atoms with Gasteiger partial charge in [0.05, 0.1) is 23.5 Å². The summed E-state index contributed by atoms with van der Waals surface area (Å²) in [5, 5.41) is 15.0. The monoisotopic (exact) mass is 491 g/mol. The zero-order valence-electron chi connectivity index (χ0n) is 18.6. The van der Waals surface area contributed by atoms with Crippen LogP contribution in [0.15, 0.2) is 10.6 Å². The number of rotatable bonds is 7. The number of carbonyl (C=O) groups is 3. The number of esters is 2. The zero-order valence-corrected chi connectivity index (χ0v) is 20.2. The van der Waals surface area contributed by atoms with Crippen LogP contribution in [0, 0.1) is 17.3 Å². The number of aliphatic hydroxyl groups excluding tert-OH is 1. The number of carbonyl (C=O) groups excluding carboxylic acids is 3. The molecule has 0 aliphatic carbocycles. The first-order valence-electron chi connectivity index (χ1n) is 10.2. The lowest BCUT2D eigenvalue weighted by Gasteiger charge is -2.46. The minimum Gasteiger partial charge on any atom is -0.427 e. The molecule has 0 spiro atoms. The third-order valence-electron chi connectivity index (χ3n) is 5.76. The number of nitrogens with zero attached hydrogens (tertiary/aromatic N) is 2. The average Bonchev–Trinajstić information content (AvgIpc) is 2.83. The van der Waals surface area contributed by atoms with Crippen molar-refractivity contribution in [3.05, 3.63) is 10.6 Å². The average molecular weight is 492 g/mol. The predicted molar refractivity (Wildman–Crippen MR) is 115 cm³/mol. The molecule has 0 unspecified atom stereocenters. The van der Waals surface area contributed by atoms with Gasteiger partial charge >= 0.3 is 11.9 Å². The number of aliphatic hydroxyl groups is 1. The van der Waals surface area contributed by atoms with Gasteiger partial charge in [0.2, 0.25) is 12.7 Å². The Hall–Kier alpha value is -1.67. The van der Waals surface area contributed by atoms with Gasteiger partial charge < -0.3 is 19.5 Å². The summed E-state index contributed by atoms with van der Waals surface area (Å²) in [6.45, 7) is 8.13. The van der Waals surface area contributed by atoms with Crippen molar-refractivity contribution in [3.8, 4) is 0 Å². The molecule has 3 aliphatic heterocycles. The van der Waals surface area contributed by atoms with E-state index in [0.29, 0.717) is 4.91 Å². The maximum Gasteiger partial charge on any atom is 0.358 e. The number of amides is 1. The molecular weight excluding hydrogens is 462 g/mol. The van der Waals surface area contributed by atoms with Crippen LogP contribution in [0.5, 0.6) is 0 Å². The first-order chi connectivity index (χ1) is 14.6. The van der Waals surface area contributed by atoms with E-state index in [1.165, 1.54) is 23.6 Å². The van der Waals surface area contributed by atoms with Gasteiger partial charge in [0, 0.05) is 29.2 Å². The first kappa shape index (κ1) is 25.0. The summed E-state index contributed by atoms with van der Waals surface area (Å²) in [6.07, 6.45) is -0.887. The van der Waals surface area contributed by atoms with Gasteiger partial charge in [-0.25, -0.2) is 9.93 Å². The van der Waals surface area contributed by atoms with E-state index in [4.69, 9.17) is 14.6 Å².